The van der Waals surface area contributed by atoms with Crippen LogP contribution < -0.4 is 10.2 Å². The van der Waals surface area contributed by atoms with Crippen LogP contribution in [0.3, 0.4) is 0 Å². The molecule has 2 amide bonds. The second-order valence-corrected chi connectivity index (χ2v) is 8.76. The summed E-state index contributed by atoms with van der Waals surface area (Å²) < 4.78 is 11.2. The van der Waals surface area contributed by atoms with Crippen LogP contribution in [-0.4, -0.2) is 68.8 Å². The Hall–Kier alpha value is -2.90. The van der Waals surface area contributed by atoms with E-state index in [1.807, 2.05) is 56.3 Å². The summed E-state index contributed by atoms with van der Waals surface area (Å²) in [6.45, 7) is 8.21. The maximum atomic E-state index is 13.4. The molecule has 7 heteroatoms. The maximum Gasteiger partial charge on any atom is 0.254 e. The molecule has 2 aromatic rings. The molecule has 4 rings (SSSR count). The van der Waals surface area contributed by atoms with Crippen LogP contribution in [0, 0.1) is 13.8 Å². The van der Waals surface area contributed by atoms with E-state index < -0.39 is 0 Å². The lowest BCUT2D eigenvalue weighted by Crippen LogP contribution is -2.42. The normalized spacial score (nSPS) is 18.2. The number of hydrogen-bond acceptors (Lipinski definition) is 5. The lowest BCUT2D eigenvalue weighted by Gasteiger charge is -2.29. The SMILES string of the molecule is Cc1cccc(NC(=O)CN(CC2CCCO2)C(=O)c2ccc(N3CCOCC3)cc2)c1C. The number of ether oxygens (including phenoxy) is 2. The van der Waals surface area contributed by atoms with E-state index in [0.717, 1.165) is 48.4 Å². The number of nitrogens with zero attached hydrogens (tertiary/aromatic N) is 2. The van der Waals surface area contributed by atoms with Gasteiger partial charge in [0.1, 0.15) is 6.54 Å². The summed E-state index contributed by atoms with van der Waals surface area (Å²) in [5.74, 6) is -0.366. The van der Waals surface area contributed by atoms with Gasteiger partial charge in [0.25, 0.3) is 5.91 Å². The fourth-order valence-electron chi connectivity index (χ4n) is 4.32. The van der Waals surface area contributed by atoms with Gasteiger partial charge in [-0.15, -0.1) is 0 Å². The third kappa shape index (κ3) is 5.92. The molecule has 2 saturated heterocycles. The molecule has 1 N–H and O–H groups in total. The van der Waals surface area contributed by atoms with E-state index in [1.165, 1.54) is 0 Å². The molecule has 1 unspecified atom stereocenters. The van der Waals surface area contributed by atoms with Crippen molar-refractivity contribution in [3.63, 3.8) is 0 Å². The number of nitrogens with one attached hydrogen (secondary N) is 1. The molecule has 0 saturated carbocycles. The van der Waals surface area contributed by atoms with Crippen molar-refractivity contribution in [2.75, 3.05) is 56.2 Å². The van der Waals surface area contributed by atoms with Gasteiger partial charge in [0, 0.05) is 43.2 Å². The summed E-state index contributed by atoms with van der Waals surface area (Å²) >= 11 is 0. The van der Waals surface area contributed by atoms with Gasteiger partial charge in [-0.2, -0.15) is 0 Å². The zero-order valence-corrected chi connectivity index (χ0v) is 19.5. The summed E-state index contributed by atoms with van der Waals surface area (Å²) in [6.07, 6.45) is 1.85. The molecule has 2 fully saturated rings. The lowest BCUT2D eigenvalue weighted by atomic mass is 10.1. The predicted molar refractivity (Wildman–Crippen MR) is 129 cm³/mol. The average Bonchev–Trinajstić information content (AvgIpc) is 3.35. The van der Waals surface area contributed by atoms with Crippen molar-refractivity contribution in [2.24, 2.45) is 0 Å². The summed E-state index contributed by atoms with van der Waals surface area (Å²) in [4.78, 5) is 30.1. The highest BCUT2D eigenvalue weighted by Crippen LogP contribution is 2.21. The van der Waals surface area contributed by atoms with Gasteiger partial charge in [-0.1, -0.05) is 12.1 Å². The number of carbonyl (C=O) groups is 2. The molecule has 0 aromatic heterocycles. The number of benzene rings is 2. The van der Waals surface area contributed by atoms with Gasteiger partial charge in [0.05, 0.1) is 19.3 Å². The smallest absolute Gasteiger partial charge is 0.254 e. The molecule has 0 aliphatic carbocycles. The van der Waals surface area contributed by atoms with Crippen LogP contribution in [0.2, 0.25) is 0 Å². The Balaban J connectivity index is 1.46. The van der Waals surface area contributed by atoms with E-state index in [-0.39, 0.29) is 24.5 Å². The van der Waals surface area contributed by atoms with Crippen LogP contribution in [0.1, 0.15) is 34.3 Å². The Kier molecular flexibility index (Phi) is 7.62. The van der Waals surface area contributed by atoms with E-state index in [9.17, 15) is 9.59 Å². The van der Waals surface area contributed by atoms with Gasteiger partial charge in [-0.3, -0.25) is 9.59 Å². The van der Waals surface area contributed by atoms with Crippen LogP contribution >= 0.6 is 0 Å². The van der Waals surface area contributed by atoms with E-state index >= 15 is 0 Å². The fourth-order valence-corrected chi connectivity index (χ4v) is 4.32. The molecule has 2 aromatic carbocycles. The van der Waals surface area contributed by atoms with Crippen molar-refractivity contribution in [2.45, 2.75) is 32.8 Å². The number of rotatable bonds is 7. The Morgan fingerprint density at radius 2 is 1.82 bits per heavy atom. The molecular weight excluding hydrogens is 418 g/mol. The first-order valence-corrected chi connectivity index (χ1v) is 11.7. The van der Waals surface area contributed by atoms with Gasteiger partial charge in [-0.05, 0) is 68.1 Å². The topological polar surface area (TPSA) is 71.1 Å². The second kappa shape index (κ2) is 10.8. The van der Waals surface area contributed by atoms with Gasteiger partial charge in [-0.25, -0.2) is 0 Å². The average molecular weight is 452 g/mol. The molecule has 33 heavy (non-hydrogen) atoms. The molecular formula is C26H33N3O4. The van der Waals surface area contributed by atoms with Gasteiger partial charge >= 0.3 is 0 Å². The van der Waals surface area contributed by atoms with E-state index in [0.29, 0.717) is 31.9 Å². The first-order valence-electron chi connectivity index (χ1n) is 11.7. The molecule has 2 heterocycles. The van der Waals surface area contributed by atoms with Crippen molar-refractivity contribution in [1.82, 2.24) is 4.90 Å². The van der Waals surface area contributed by atoms with Crippen molar-refractivity contribution in [3.05, 3.63) is 59.2 Å². The second-order valence-electron chi connectivity index (χ2n) is 8.76. The summed E-state index contributed by atoms with van der Waals surface area (Å²) in [7, 11) is 0. The minimum Gasteiger partial charge on any atom is -0.378 e. The van der Waals surface area contributed by atoms with Gasteiger partial charge in [0.2, 0.25) is 5.91 Å². The van der Waals surface area contributed by atoms with Crippen LogP contribution in [0.5, 0.6) is 0 Å². The third-order valence-corrected chi connectivity index (χ3v) is 6.44. The highest BCUT2D eigenvalue weighted by atomic mass is 16.5. The Morgan fingerprint density at radius 1 is 1.06 bits per heavy atom. The highest BCUT2D eigenvalue weighted by Gasteiger charge is 2.25. The highest BCUT2D eigenvalue weighted by molar-refractivity contribution is 5.99. The Labute approximate surface area is 195 Å². The van der Waals surface area contributed by atoms with E-state index in [4.69, 9.17) is 9.47 Å². The Morgan fingerprint density at radius 3 is 2.52 bits per heavy atom. The van der Waals surface area contributed by atoms with Crippen LogP contribution in [0.4, 0.5) is 11.4 Å². The summed E-state index contributed by atoms with van der Waals surface area (Å²) in [6, 6.07) is 13.5. The number of morpholine rings is 1. The molecule has 0 spiro atoms. The maximum absolute atomic E-state index is 13.4. The van der Waals surface area contributed by atoms with Crippen LogP contribution in [0.15, 0.2) is 42.5 Å². The first-order chi connectivity index (χ1) is 16.0. The Bertz CT molecular complexity index is 964. The van der Waals surface area contributed by atoms with Crippen molar-refractivity contribution >= 4 is 23.2 Å². The minimum atomic E-state index is -0.208. The number of carbonyl (C=O) groups excluding carboxylic acids is 2. The first kappa shape index (κ1) is 23.3. The quantitative estimate of drug-likeness (QED) is 0.699. The largest absolute Gasteiger partial charge is 0.378 e. The zero-order valence-electron chi connectivity index (χ0n) is 19.5. The zero-order chi connectivity index (χ0) is 23.2. The van der Waals surface area contributed by atoms with Gasteiger partial charge in [0.15, 0.2) is 0 Å². The summed E-state index contributed by atoms with van der Waals surface area (Å²) in [5, 5.41) is 2.97. The van der Waals surface area contributed by atoms with E-state index in [2.05, 4.69) is 10.2 Å². The molecule has 7 nitrogen and oxygen atoms in total. The van der Waals surface area contributed by atoms with Crippen molar-refractivity contribution < 1.29 is 19.1 Å². The molecule has 176 valence electrons. The molecule has 2 aliphatic rings. The monoisotopic (exact) mass is 451 g/mol. The number of hydrogen-bond donors (Lipinski definition) is 1. The fraction of sp³-hybridized carbons (Fsp3) is 0.462. The van der Waals surface area contributed by atoms with E-state index in [1.54, 1.807) is 4.90 Å². The number of aryl methyl sites for hydroxylation is 1. The molecule has 0 bridgehead atoms. The van der Waals surface area contributed by atoms with Gasteiger partial charge < -0.3 is 24.6 Å². The lowest BCUT2D eigenvalue weighted by molar-refractivity contribution is -0.117. The van der Waals surface area contributed by atoms with Crippen LogP contribution in [0.25, 0.3) is 0 Å². The minimum absolute atomic E-state index is 0.0166. The van der Waals surface area contributed by atoms with Crippen LogP contribution in [-0.2, 0) is 14.3 Å². The standard InChI is InChI=1S/C26H33N3O4/c1-19-5-3-7-24(20(19)2)27-25(30)18-29(17-23-6-4-14-33-23)26(31)21-8-10-22(11-9-21)28-12-15-32-16-13-28/h3,5,7-11,23H,4,6,12-18H2,1-2H3,(H,27,30). The third-order valence-electron chi connectivity index (χ3n) is 6.44. The predicted octanol–water partition coefficient (Wildman–Crippen LogP) is 3.40. The molecule has 0 radical (unpaired) electrons. The molecule has 1 atom stereocenters. The number of anilines is 2. The summed E-state index contributed by atoms with van der Waals surface area (Å²) in [5.41, 5.74) is 4.57. The number of amides is 2. The van der Waals surface area contributed by atoms with Crippen molar-refractivity contribution in [1.29, 1.82) is 0 Å². The van der Waals surface area contributed by atoms with Crippen molar-refractivity contribution in [3.8, 4) is 0 Å². The molecule has 2 aliphatic heterocycles.